The molecular weight excluding hydrogens is 315 g/mol. The van der Waals surface area contributed by atoms with Crippen LogP contribution in [-0.4, -0.2) is 38.6 Å². The van der Waals surface area contributed by atoms with Crippen molar-refractivity contribution in [3.63, 3.8) is 0 Å². The molecule has 0 radical (unpaired) electrons. The van der Waals surface area contributed by atoms with Crippen molar-refractivity contribution in [2.24, 2.45) is 0 Å². The number of carbonyl (C=O) groups excluding carboxylic acids is 2. The smallest absolute Gasteiger partial charge is 0.309 e. The van der Waals surface area contributed by atoms with E-state index >= 15 is 0 Å². The first-order valence-electron chi connectivity index (χ1n) is 6.53. The minimum Gasteiger partial charge on any atom is -0.385 e. The molecule has 0 unspecified atom stereocenters. The Bertz CT molecular complexity index is 495. The number of halogens is 2. The minimum absolute atomic E-state index is 0.325. The molecule has 0 aromatic heterocycles. The van der Waals surface area contributed by atoms with Crippen LogP contribution in [0.25, 0.3) is 0 Å². The lowest BCUT2D eigenvalue weighted by molar-refractivity contribution is -0.139. The summed E-state index contributed by atoms with van der Waals surface area (Å²) in [6, 6.07) is 5.16. The van der Waals surface area contributed by atoms with Crippen molar-refractivity contribution in [1.29, 1.82) is 0 Å². The van der Waals surface area contributed by atoms with E-state index in [9.17, 15) is 9.59 Å². The number of amides is 2. The number of ether oxygens (including phenoxy) is 1. The van der Waals surface area contributed by atoms with E-state index in [-0.39, 0.29) is 0 Å². The molecule has 0 spiro atoms. The zero-order valence-electron chi connectivity index (χ0n) is 11.7. The van der Waals surface area contributed by atoms with Gasteiger partial charge in [0.1, 0.15) is 0 Å². The van der Waals surface area contributed by atoms with Crippen LogP contribution in [0.1, 0.15) is 12.0 Å². The first-order valence-corrected chi connectivity index (χ1v) is 7.29. The van der Waals surface area contributed by atoms with Crippen LogP contribution in [0.4, 0.5) is 0 Å². The minimum atomic E-state index is -0.655. The van der Waals surface area contributed by atoms with Crippen molar-refractivity contribution in [2.75, 3.05) is 26.8 Å². The number of nitrogens with one attached hydrogen (secondary N) is 2. The van der Waals surface area contributed by atoms with Gasteiger partial charge in [-0.15, -0.1) is 0 Å². The predicted molar refractivity (Wildman–Crippen MR) is 82.7 cm³/mol. The highest BCUT2D eigenvalue weighted by Gasteiger charge is 2.12. The molecule has 0 saturated carbocycles. The lowest BCUT2D eigenvalue weighted by Gasteiger charge is -2.07. The Morgan fingerprint density at radius 1 is 1.14 bits per heavy atom. The van der Waals surface area contributed by atoms with E-state index in [0.29, 0.717) is 42.6 Å². The number of rotatable bonds is 7. The number of methoxy groups -OCH3 is 1. The predicted octanol–water partition coefficient (Wildman–Crippen LogP) is 1.80. The molecule has 116 valence electrons. The fraction of sp³-hybridized carbons (Fsp3) is 0.429. The summed E-state index contributed by atoms with van der Waals surface area (Å²) in [5, 5.41) is 6.15. The van der Waals surface area contributed by atoms with Crippen molar-refractivity contribution in [3.8, 4) is 0 Å². The number of hydrogen-bond donors (Lipinski definition) is 2. The number of benzene rings is 1. The second kappa shape index (κ2) is 9.60. The molecule has 21 heavy (non-hydrogen) atoms. The lowest BCUT2D eigenvalue weighted by Crippen LogP contribution is -2.41. The molecule has 0 heterocycles. The highest BCUT2D eigenvalue weighted by atomic mass is 35.5. The van der Waals surface area contributed by atoms with Crippen LogP contribution in [0, 0.1) is 0 Å². The molecule has 0 aliphatic rings. The molecule has 1 rings (SSSR count). The van der Waals surface area contributed by atoms with Crippen LogP contribution < -0.4 is 10.6 Å². The summed E-state index contributed by atoms with van der Waals surface area (Å²) in [7, 11) is 1.58. The van der Waals surface area contributed by atoms with Gasteiger partial charge in [-0.25, -0.2) is 0 Å². The highest BCUT2D eigenvalue weighted by Crippen LogP contribution is 2.20. The average Bonchev–Trinajstić information content (AvgIpc) is 2.45. The van der Waals surface area contributed by atoms with Crippen LogP contribution in [0.5, 0.6) is 0 Å². The van der Waals surface area contributed by atoms with Crippen molar-refractivity contribution in [1.82, 2.24) is 10.6 Å². The van der Waals surface area contributed by atoms with Gasteiger partial charge in [0.2, 0.25) is 0 Å². The summed E-state index contributed by atoms with van der Waals surface area (Å²) < 4.78 is 4.84. The van der Waals surface area contributed by atoms with Gasteiger partial charge >= 0.3 is 11.8 Å². The molecule has 0 aliphatic heterocycles. The first kappa shape index (κ1) is 17.8. The van der Waals surface area contributed by atoms with Crippen LogP contribution >= 0.6 is 23.2 Å². The Balaban J connectivity index is 2.28. The summed E-state index contributed by atoms with van der Waals surface area (Å²) in [5.41, 5.74) is 0.863. The summed E-state index contributed by atoms with van der Waals surface area (Å²) >= 11 is 11.8. The Morgan fingerprint density at radius 3 is 2.43 bits per heavy atom. The van der Waals surface area contributed by atoms with Crippen LogP contribution in [0.15, 0.2) is 18.2 Å². The van der Waals surface area contributed by atoms with Gasteiger partial charge in [-0.1, -0.05) is 29.3 Å². The highest BCUT2D eigenvalue weighted by molar-refractivity contribution is 6.35. The normalized spacial score (nSPS) is 10.2. The maximum absolute atomic E-state index is 11.5. The van der Waals surface area contributed by atoms with E-state index < -0.39 is 11.8 Å². The second-order valence-corrected chi connectivity index (χ2v) is 5.19. The van der Waals surface area contributed by atoms with E-state index in [1.54, 1.807) is 25.3 Å². The van der Waals surface area contributed by atoms with Crippen LogP contribution in [0.3, 0.4) is 0 Å². The molecule has 0 bridgehead atoms. The van der Waals surface area contributed by atoms with Crippen LogP contribution in [0.2, 0.25) is 10.0 Å². The third-order valence-corrected chi connectivity index (χ3v) is 3.30. The van der Waals surface area contributed by atoms with Gasteiger partial charge in [0.25, 0.3) is 0 Å². The molecule has 7 heteroatoms. The van der Waals surface area contributed by atoms with Crippen molar-refractivity contribution >= 4 is 35.0 Å². The molecule has 2 amide bonds. The Hall–Kier alpha value is -1.30. The molecule has 0 atom stereocenters. The standard InChI is InChI=1S/C14H18Cl2N2O3/c1-21-8-2-6-17-13(19)14(20)18-7-5-10-3-4-11(15)9-12(10)16/h3-4,9H,2,5-8H2,1H3,(H,17,19)(H,18,20). The summed E-state index contributed by atoms with van der Waals surface area (Å²) in [5.74, 6) is -1.30. The van der Waals surface area contributed by atoms with Crippen molar-refractivity contribution in [3.05, 3.63) is 33.8 Å². The Morgan fingerprint density at radius 2 is 1.81 bits per heavy atom. The molecule has 1 aromatic rings. The van der Waals surface area contributed by atoms with Gasteiger partial charge in [-0.2, -0.15) is 0 Å². The van der Waals surface area contributed by atoms with E-state index in [2.05, 4.69) is 10.6 Å². The largest absolute Gasteiger partial charge is 0.385 e. The van der Waals surface area contributed by atoms with Crippen LogP contribution in [-0.2, 0) is 20.7 Å². The zero-order valence-corrected chi connectivity index (χ0v) is 13.3. The maximum atomic E-state index is 11.5. The Kier molecular flexibility index (Phi) is 8.12. The average molecular weight is 333 g/mol. The second-order valence-electron chi connectivity index (χ2n) is 4.34. The molecule has 0 fully saturated rings. The zero-order chi connectivity index (χ0) is 15.7. The summed E-state index contributed by atoms with van der Waals surface area (Å²) in [6.07, 6.45) is 1.19. The lowest BCUT2D eigenvalue weighted by atomic mass is 10.1. The van der Waals surface area contributed by atoms with Gasteiger partial charge in [0, 0.05) is 36.9 Å². The molecule has 5 nitrogen and oxygen atoms in total. The molecule has 1 aromatic carbocycles. The number of carbonyl (C=O) groups is 2. The van der Waals surface area contributed by atoms with Gasteiger partial charge < -0.3 is 15.4 Å². The molecular formula is C14H18Cl2N2O3. The van der Waals surface area contributed by atoms with Crippen molar-refractivity contribution < 1.29 is 14.3 Å². The van der Waals surface area contributed by atoms with Gasteiger partial charge in [-0.05, 0) is 30.5 Å². The van der Waals surface area contributed by atoms with E-state index in [1.165, 1.54) is 0 Å². The topological polar surface area (TPSA) is 67.4 Å². The van der Waals surface area contributed by atoms with Gasteiger partial charge in [0.05, 0.1) is 0 Å². The quantitative estimate of drug-likeness (QED) is 0.591. The van der Waals surface area contributed by atoms with E-state index in [0.717, 1.165) is 5.56 Å². The maximum Gasteiger partial charge on any atom is 0.309 e. The molecule has 2 N–H and O–H groups in total. The molecule has 0 aliphatic carbocycles. The fourth-order valence-corrected chi connectivity index (χ4v) is 2.12. The van der Waals surface area contributed by atoms with Crippen molar-refractivity contribution in [2.45, 2.75) is 12.8 Å². The third-order valence-electron chi connectivity index (χ3n) is 2.71. The summed E-state index contributed by atoms with van der Waals surface area (Å²) in [4.78, 5) is 23.0. The summed E-state index contributed by atoms with van der Waals surface area (Å²) in [6.45, 7) is 1.27. The number of hydrogen-bond acceptors (Lipinski definition) is 3. The molecule has 0 saturated heterocycles. The first-order chi connectivity index (χ1) is 10.0. The third kappa shape index (κ3) is 6.80. The van der Waals surface area contributed by atoms with Gasteiger partial charge in [0.15, 0.2) is 0 Å². The fourth-order valence-electron chi connectivity index (χ4n) is 1.61. The van der Waals surface area contributed by atoms with Gasteiger partial charge in [-0.3, -0.25) is 9.59 Å². The SMILES string of the molecule is COCCCNC(=O)C(=O)NCCc1ccc(Cl)cc1Cl. The van der Waals surface area contributed by atoms with E-state index in [4.69, 9.17) is 27.9 Å². The van der Waals surface area contributed by atoms with E-state index in [1.807, 2.05) is 0 Å². The Labute approximate surface area is 133 Å². The monoisotopic (exact) mass is 332 g/mol.